The lowest BCUT2D eigenvalue weighted by atomic mass is 10.1. The molecular formula is C27H39N3O3. The zero-order valence-electron chi connectivity index (χ0n) is 20.4. The molecule has 2 N–H and O–H groups in total. The maximum absolute atomic E-state index is 12.7. The Bertz CT molecular complexity index is 829. The molecule has 0 spiro atoms. The number of nitrogens with zero attached hydrogens (tertiary/aromatic N) is 1. The highest BCUT2D eigenvalue weighted by atomic mass is 16.5. The molecule has 6 heteroatoms. The van der Waals surface area contributed by atoms with Gasteiger partial charge >= 0.3 is 0 Å². The number of carbonyl (C=O) groups excluding carboxylic acids is 2. The van der Waals surface area contributed by atoms with Gasteiger partial charge in [0.1, 0.15) is 5.75 Å². The summed E-state index contributed by atoms with van der Waals surface area (Å²) < 4.78 is 5.75. The molecule has 33 heavy (non-hydrogen) atoms. The van der Waals surface area contributed by atoms with Crippen LogP contribution in [0.15, 0.2) is 48.5 Å². The lowest BCUT2D eigenvalue weighted by Crippen LogP contribution is -2.32. The normalized spacial score (nSPS) is 10.5. The summed E-state index contributed by atoms with van der Waals surface area (Å²) in [5.41, 5.74) is 2.17. The molecule has 2 aromatic carbocycles. The number of hydrogen-bond acceptors (Lipinski definition) is 4. The van der Waals surface area contributed by atoms with Gasteiger partial charge in [0.15, 0.2) is 0 Å². The number of amides is 2. The van der Waals surface area contributed by atoms with Gasteiger partial charge in [-0.15, -0.1) is 0 Å². The summed E-state index contributed by atoms with van der Waals surface area (Å²) in [7, 11) is 0. The molecule has 0 aromatic heterocycles. The summed E-state index contributed by atoms with van der Waals surface area (Å²) in [6, 6.07) is 14.7. The van der Waals surface area contributed by atoms with Crippen molar-refractivity contribution in [3.63, 3.8) is 0 Å². The summed E-state index contributed by atoms with van der Waals surface area (Å²) in [5, 5.41) is 5.98. The Morgan fingerprint density at radius 2 is 1.42 bits per heavy atom. The fourth-order valence-corrected chi connectivity index (χ4v) is 3.51. The minimum atomic E-state index is -0.149. The van der Waals surface area contributed by atoms with Crippen molar-refractivity contribution in [3.05, 3.63) is 54.1 Å². The Hall–Kier alpha value is -3.02. The highest BCUT2D eigenvalue weighted by Gasteiger charge is 2.14. The van der Waals surface area contributed by atoms with Gasteiger partial charge in [-0.3, -0.25) is 9.59 Å². The Morgan fingerprint density at radius 3 is 2.03 bits per heavy atom. The van der Waals surface area contributed by atoms with E-state index in [4.69, 9.17) is 4.74 Å². The number of hydrogen-bond donors (Lipinski definition) is 2. The maximum Gasteiger partial charge on any atom is 0.253 e. The number of unbranched alkanes of at least 4 members (excludes halogenated alkanes) is 3. The predicted octanol–water partition coefficient (Wildman–Crippen LogP) is 5.96. The van der Waals surface area contributed by atoms with Crippen LogP contribution in [-0.4, -0.2) is 43.0 Å². The Kier molecular flexibility index (Phi) is 11.9. The van der Waals surface area contributed by atoms with Crippen molar-refractivity contribution in [2.75, 3.05) is 36.9 Å². The molecule has 0 unspecified atom stereocenters. The average molecular weight is 454 g/mol. The molecule has 0 fully saturated rings. The van der Waals surface area contributed by atoms with Crippen molar-refractivity contribution in [2.24, 2.45) is 0 Å². The molecule has 0 aliphatic rings. The number of rotatable bonds is 15. The molecule has 2 amide bonds. The van der Waals surface area contributed by atoms with Gasteiger partial charge in [0.2, 0.25) is 5.91 Å². The predicted molar refractivity (Wildman–Crippen MR) is 136 cm³/mol. The third kappa shape index (κ3) is 9.56. The quantitative estimate of drug-likeness (QED) is 0.327. The van der Waals surface area contributed by atoms with Crippen LogP contribution < -0.4 is 15.4 Å². The van der Waals surface area contributed by atoms with Gasteiger partial charge in [0.25, 0.3) is 5.91 Å². The number of anilines is 2. The fourth-order valence-electron chi connectivity index (χ4n) is 3.51. The molecule has 0 heterocycles. The van der Waals surface area contributed by atoms with E-state index in [0.717, 1.165) is 50.4 Å². The molecule has 0 atom stereocenters. The first-order chi connectivity index (χ1) is 16.1. The van der Waals surface area contributed by atoms with E-state index in [1.54, 1.807) is 24.3 Å². The van der Waals surface area contributed by atoms with Crippen molar-refractivity contribution < 1.29 is 14.3 Å². The summed E-state index contributed by atoms with van der Waals surface area (Å²) in [4.78, 5) is 26.8. The first kappa shape index (κ1) is 26.2. The summed E-state index contributed by atoms with van der Waals surface area (Å²) >= 11 is 0. The van der Waals surface area contributed by atoms with E-state index >= 15 is 0 Å². The van der Waals surface area contributed by atoms with E-state index in [-0.39, 0.29) is 18.4 Å². The Balaban J connectivity index is 1.77. The van der Waals surface area contributed by atoms with Crippen LogP contribution in [0.25, 0.3) is 0 Å². The second-order valence-electron chi connectivity index (χ2n) is 8.20. The molecule has 2 aromatic rings. The van der Waals surface area contributed by atoms with E-state index in [1.165, 1.54) is 19.3 Å². The second-order valence-corrected chi connectivity index (χ2v) is 8.20. The zero-order valence-corrected chi connectivity index (χ0v) is 20.4. The van der Waals surface area contributed by atoms with Crippen molar-refractivity contribution in [2.45, 2.75) is 59.3 Å². The maximum atomic E-state index is 12.7. The van der Waals surface area contributed by atoms with E-state index < -0.39 is 0 Å². The van der Waals surface area contributed by atoms with Gasteiger partial charge in [0.05, 0.1) is 13.2 Å². The Labute approximate surface area is 198 Å². The van der Waals surface area contributed by atoms with E-state index in [1.807, 2.05) is 29.2 Å². The van der Waals surface area contributed by atoms with Gasteiger partial charge in [-0.05, 0) is 67.8 Å². The van der Waals surface area contributed by atoms with Crippen molar-refractivity contribution in [1.82, 2.24) is 4.90 Å². The zero-order chi connectivity index (χ0) is 23.9. The van der Waals surface area contributed by atoms with Crippen LogP contribution in [0.2, 0.25) is 0 Å². The van der Waals surface area contributed by atoms with E-state index in [2.05, 4.69) is 31.4 Å². The van der Waals surface area contributed by atoms with Crippen LogP contribution >= 0.6 is 0 Å². The van der Waals surface area contributed by atoms with Gasteiger partial charge in [-0.2, -0.15) is 0 Å². The minimum absolute atomic E-state index is 0.0339. The van der Waals surface area contributed by atoms with Crippen molar-refractivity contribution in [3.8, 4) is 5.75 Å². The topological polar surface area (TPSA) is 70.7 Å². The monoisotopic (exact) mass is 453 g/mol. The number of nitrogens with one attached hydrogen (secondary N) is 2. The van der Waals surface area contributed by atoms with Crippen molar-refractivity contribution >= 4 is 23.2 Å². The van der Waals surface area contributed by atoms with E-state index in [0.29, 0.717) is 11.3 Å². The highest BCUT2D eigenvalue weighted by Crippen LogP contribution is 2.17. The lowest BCUT2D eigenvalue weighted by Gasteiger charge is -2.21. The molecule has 0 aliphatic heterocycles. The molecule has 0 saturated heterocycles. The smallest absolute Gasteiger partial charge is 0.253 e. The second kappa shape index (κ2) is 14.9. The van der Waals surface area contributed by atoms with Crippen molar-refractivity contribution in [1.29, 1.82) is 0 Å². The third-order valence-electron chi connectivity index (χ3n) is 5.26. The van der Waals surface area contributed by atoms with Gasteiger partial charge < -0.3 is 20.3 Å². The molecule has 2 rings (SSSR count). The van der Waals surface area contributed by atoms with Crippen LogP contribution in [-0.2, 0) is 4.79 Å². The summed E-state index contributed by atoms with van der Waals surface area (Å²) in [6.45, 7) is 8.72. The highest BCUT2D eigenvalue weighted by molar-refractivity contribution is 5.96. The first-order valence-corrected chi connectivity index (χ1v) is 12.2. The molecule has 6 nitrogen and oxygen atoms in total. The third-order valence-corrected chi connectivity index (χ3v) is 5.26. The number of carbonyl (C=O) groups is 2. The van der Waals surface area contributed by atoms with Crippen LogP contribution in [0.1, 0.15) is 69.7 Å². The molecule has 0 aliphatic carbocycles. The summed E-state index contributed by atoms with van der Waals surface area (Å²) in [6.07, 6.45) is 6.59. The van der Waals surface area contributed by atoms with Gasteiger partial charge in [0, 0.05) is 30.0 Å². The van der Waals surface area contributed by atoms with Crippen LogP contribution in [0.4, 0.5) is 11.4 Å². The first-order valence-electron chi connectivity index (χ1n) is 12.2. The van der Waals surface area contributed by atoms with Crippen LogP contribution in [0, 0.1) is 0 Å². The molecular weight excluding hydrogens is 414 g/mol. The van der Waals surface area contributed by atoms with Gasteiger partial charge in [-0.25, -0.2) is 0 Å². The molecule has 0 bridgehead atoms. The van der Waals surface area contributed by atoms with Crippen LogP contribution in [0.5, 0.6) is 5.75 Å². The fraction of sp³-hybridized carbons (Fsp3) is 0.481. The van der Waals surface area contributed by atoms with Crippen LogP contribution in [0.3, 0.4) is 0 Å². The number of benzene rings is 2. The molecule has 0 saturated carbocycles. The number of ether oxygens (including phenoxy) is 1. The average Bonchev–Trinajstić information content (AvgIpc) is 2.83. The Morgan fingerprint density at radius 1 is 0.788 bits per heavy atom. The molecule has 0 radical (unpaired) electrons. The minimum Gasteiger partial charge on any atom is -0.494 e. The lowest BCUT2D eigenvalue weighted by molar-refractivity contribution is -0.114. The van der Waals surface area contributed by atoms with Gasteiger partial charge in [-0.1, -0.05) is 40.0 Å². The SMILES string of the molecule is CCCCCCOc1ccc(NCC(=O)Nc2ccc(C(=O)N(CCC)CCC)cc2)cc1. The molecule has 180 valence electrons. The standard InChI is InChI=1S/C27H39N3O3/c1-4-7-8-9-20-33-25-16-14-23(15-17-25)28-21-26(31)29-24-12-10-22(11-13-24)27(32)30(18-5-2)19-6-3/h10-17,28H,4-9,18-21H2,1-3H3,(H,29,31). The summed E-state index contributed by atoms with van der Waals surface area (Å²) in [5.74, 6) is 0.725. The largest absolute Gasteiger partial charge is 0.494 e. The van der Waals surface area contributed by atoms with E-state index in [9.17, 15) is 9.59 Å².